The van der Waals surface area contributed by atoms with E-state index in [1.165, 1.54) is 6.07 Å². The lowest BCUT2D eigenvalue weighted by Crippen LogP contribution is -2.38. The molecule has 0 radical (unpaired) electrons. The van der Waals surface area contributed by atoms with Crippen LogP contribution in [0.4, 0.5) is 4.39 Å². The number of nitrogens with one attached hydrogen (secondary N) is 3. The van der Waals surface area contributed by atoms with Gasteiger partial charge in [0.15, 0.2) is 5.96 Å². The number of amides is 1. The van der Waals surface area contributed by atoms with E-state index in [1.807, 2.05) is 51.1 Å². The highest BCUT2D eigenvalue weighted by molar-refractivity contribution is 14.0. The van der Waals surface area contributed by atoms with Crippen LogP contribution in [0.15, 0.2) is 53.5 Å². The summed E-state index contributed by atoms with van der Waals surface area (Å²) in [5.74, 6) is 0.406. The smallest absolute Gasteiger partial charge is 0.251 e. The molecule has 0 aliphatic rings. The Balaban J connectivity index is 0.00000450. The number of hydrogen-bond acceptors (Lipinski definition) is 2. The molecule has 0 fully saturated rings. The van der Waals surface area contributed by atoms with Gasteiger partial charge < -0.3 is 16.0 Å². The number of rotatable bonds is 9. The maximum atomic E-state index is 13.3. The van der Waals surface area contributed by atoms with E-state index in [0.29, 0.717) is 31.0 Å². The van der Waals surface area contributed by atoms with Crippen molar-refractivity contribution >= 4 is 35.8 Å². The summed E-state index contributed by atoms with van der Waals surface area (Å²) in [6, 6.07) is 14.3. The topological polar surface area (TPSA) is 65.5 Å². The number of halogens is 2. The van der Waals surface area contributed by atoms with Crippen LogP contribution >= 0.6 is 24.0 Å². The van der Waals surface area contributed by atoms with Gasteiger partial charge in [0.2, 0.25) is 0 Å². The van der Waals surface area contributed by atoms with Crippen molar-refractivity contribution in [2.75, 3.05) is 13.1 Å². The molecule has 0 aliphatic carbocycles. The van der Waals surface area contributed by atoms with Gasteiger partial charge in [-0.15, -0.1) is 24.0 Å². The van der Waals surface area contributed by atoms with E-state index in [2.05, 4.69) is 20.9 Å². The molecule has 7 heteroatoms. The summed E-state index contributed by atoms with van der Waals surface area (Å²) in [6.07, 6.45) is 1.59. The first-order chi connectivity index (χ1) is 14.0. The van der Waals surface area contributed by atoms with Crippen LogP contribution in [-0.4, -0.2) is 31.0 Å². The summed E-state index contributed by atoms with van der Waals surface area (Å²) in [7, 11) is 0. The molecule has 0 heterocycles. The van der Waals surface area contributed by atoms with Gasteiger partial charge in [0.1, 0.15) is 5.82 Å². The maximum absolute atomic E-state index is 13.3. The molecule has 2 rings (SSSR count). The van der Waals surface area contributed by atoms with Crippen LogP contribution in [0.25, 0.3) is 0 Å². The lowest BCUT2D eigenvalue weighted by Gasteiger charge is -2.13. The molecule has 0 bridgehead atoms. The summed E-state index contributed by atoms with van der Waals surface area (Å²) >= 11 is 0. The summed E-state index contributed by atoms with van der Waals surface area (Å²) in [5.41, 5.74) is 2.54. The average molecular weight is 526 g/mol. The van der Waals surface area contributed by atoms with Crippen LogP contribution in [-0.2, 0) is 13.0 Å². The van der Waals surface area contributed by atoms with Crippen LogP contribution in [0, 0.1) is 5.82 Å². The number of carbonyl (C=O) groups is 1. The summed E-state index contributed by atoms with van der Waals surface area (Å²) in [4.78, 5) is 16.9. The molecular weight excluding hydrogens is 494 g/mol. The van der Waals surface area contributed by atoms with E-state index in [1.54, 1.807) is 12.1 Å². The van der Waals surface area contributed by atoms with Gasteiger partial charge in [-0.1, -0.05) is 31.2 Å². The highest BCUT2D eigenvalue weighted by Gasteiger charge is 2.09. The maximum Gasteiger partial charge on any atom is 0.251 e. The molecule has 2 aromatic carbocycles. The predicted octanol–water partition coefficient (Wildman–Crippen LogP) is 4.27. The minimum atomic E-state index is -0.222. The fourth-order valence-corrected chi connectivity index (χ4v) is 2.75. The third-order valence-corrected chi connectivity index (χ3v) is 4.54. The third kappa shape index (κ3) is 9.11. The zero-order chi connectivity index (χ0) is 21.1. The second-order valence-corrected chi connectivity index (χ2v) is 6.98. The van der Waals surface area contributed by atoms with E-state index >= 15 is 0 Å². The summed E-state index contributed by atoms with van der Waals surface area (Å²) < 4.78 is 13.3. The largest absolute Gasteiger partial charge is 0.357 e. The Hall–Kier alpha value is -2.16. The van der Waals surface area contributed by atoms with Crippen LogP contribution in [0.2, 0.25) is 0 Å². The Bertz CT molecular complexity index is 828. The number of carbonyl (C=O) groups excluding carboxylic acids is 1. The van der Waals surface area contributed by atoms with Crippen molar-refractivity contribution in [3.05, 3.63) is 71.0 Å². The highest BCUT2D eigenvalue weighted by Crippen LogP contribution is 2.08. The van der Waals surface area contributed by atoms with Crippen molar-refractivity contribution in [3.63, 3.8) is 0 Å². The number of aliphatic imine (C=N–C) groups is 1. The number of guanidine groups is 1. The molecule has 1 amide bonds. The molecule has 3 N–H and O–H groups in total. The second-order valence-electron chi connectivity index (χ2n) is 6.98. The van der Waals surface area contributed by atoms with Gasteiger partial charge >= 0.3 is 0 Å². The van der Waals surface area contributed by atoms with Gasteiger partial charge in [0.25, 0.3) is 5.91 Å². The molecule has 0 saturated heterocycles. The van der Waals surface area contributed by atoms with E-state index in [-0.39, 0.29) is 41.7 Å². The molecule has 0 saturated carbocycles. The first kappa shape index (κ1) is 25.9. The Kier molecular flexibility index (Phi) is 12.0. The SMILES string of the molecule is CCNC(=NCc1cccc(C(=O)NC(C)CC)c1)NCCc1cccc(F)c1.I. The Morgan fingerprint density at radius 3 is 2.50 bits per heavy atom. The van der Waals surface area contributed by atoms with E-state index in [0.717, 1.165) is 24.1 Å². The number of nitrogens with zero attached hydrogens (tertiary/aromatic N) is 1. The van der Waals surface area contributed by atoms with Crippen molar-refractivity contribution in [1.82, 2.24) is 16.0 Å². The van der Waals surface area contributed by atoms with Crippen LogP contribution in [0.3, 0.4) is 0 Å². The van der Waals surface area contributed by atoms with Gasteiger partial charge in [0.05, 0.1) is 6.54 Å². The molecule has 0 spiro atoms. The van der Waals surface area contributed by atoms with Crippen molar-refractivity contribution in [1.29, 1.82) is 0 Å². The predicted molar refractivity (Wildman–Crippen MR) is 132 cm³/mol. The van der Waals surface area contributed by atoms with Gasteiger partial charge in [0, 0.05) is 24.7 Å². The fourth-order valence-electron chi connectivity index (χ4n) is 2.75. The average Bonchev–Trinajstić information content (AvgIpc) is 2.72. The van der Waals surface area contributed by atoms with E-state index in [4.69, 9.17) is 0 Å². The minimum Gasteiger partial charge on any atom is -0.357 e. The third-order valence-electron chi connectivity index (χ3n) is 4.54. The first-order valence-corrected chi connectivity index (χ1v) is 10.2. The summed E-state index contributed by atoms with van der Waals surface area (Å²) in [6.45, 7) is 7.88. The van der Waals surface area contributed by atoms with Crippen LogP contribution in [0.1, 0.15) is 48.7 Å². The van der Waals surface area contributed by atoms with E-state index < -0.39 is 0 Å². The lowest BCUT2D eigenvalue weighted by atomic mass is 10.1. The molecule has 2 aromatic rings. The van der Waals surface area contributed by atoms with Gasteiger partial charge in [-0.2, -0.15) is 0 Å². The number of hydrogen-bond donors (Lipinski definition) is 3. The summed E-state index contributed by atoms with van der Waals surface area (Å²) in [5, 5.41) is 9.45. The van der Waals surface area contributed by atoms with Gasteiger partial charge in [-0.05, 0) is 62.1 Å². The van der Waals surface area contributed by atoms with E-state index in [9.17, 15) is 9.18 Å². The lowest BCUT2D eigenvalue weighted by molar-refractivity contribution is 0.0939. The molecule has 5 nitrogen and oxygen atoms in total. The van der Waals surface area contributed by atoms with Crippen molar-refractivity contribution in [2.45, 2.75) is 46.2 Å². The Morgan fingerprint density at radius 2 is 1.80 bits per heavy atom. The molecule has 0 aliphatic heterocycles. The zero-order valence-corrected chi connectivity index (χ0v) is 20.2. The molecule has 164 valence electrons. The molecule has 0 aromatic heterocycles. The molecule has 1 unspecified atom stereocenters. The standard InChI is InChI=1S/C23H31FN4O.HI/c1-4-17(3)28-22(29)20-10-6-9-19(14-20)16-27-23(25-5-2)26-13-12-18-8-7-11-21(24)15-18;/h6-11,14-15,17H,4-5,12-13,16H2,1-3H3,(H,28,29)(H2,25,26,27);1H. The fraction of sp³-hybridized carbons (Fsp3) is 0.391. The second kappa shape index (κ2) is 14.0. The van der Waals surface area contributed by atoms with Crippen LogP contribution < -0.4 is 16.0 Å². The van der Waals surface area contributed by atoms with Gasteiger partial charge in [-0.25, -0.2) is 9.38 Å². The monoisotopic (exact) mass is 526 g/mol. The normalized spacial score (nSPS) is 11.9. The minimum absolute atomic E-state index is 0. The highest BCUT2D eigenvalue weighted by atomic mass is 127. The zero-order valence-electron chi connectivity index (χ0n) is 17.9. The van der Waals surface area contributed by atoms with Gasteiger partial charge in [-0.3, -0.25) is 4.79 Å². The Morgan fingerprint density at radius 1 is 1.07 bits per heavy atom. The quantitative estimate of drug-likeness (QED) is 0.260. The van der Waals surface area contributed by atoms with Crippen LogP contribution in [0.5, 0.6) is 0 Å². The van der Waals surface area contributed by atoms with Crippen molar-refractivity contribution < 1.29 is 9.18 Å². The number of benzene rings is 2. The van der Waals surface area contributed by atoms with Crippen molar-refractivity contribution in [2.24, 2.45) is 4.99 Å². The molecular formula is C23H32FIN4O. The first-order valence-electron chi connectivity index (χ1n) is 10.2. The molecule has 30 heavy (non-hydrogen) atoms. The molecule has 1 atom stereocenters. The Labute approximate surface area is 196 Å². The van der Waals surface area contributed by atoms with Crippen molar-refractivity contribution in [3.8, 4) is 0 Å².